The van der Waals surface area contributed by atoms with Crippen LogP contribution >= 0.6 is 15.9 Å². The van der Waals surface area contributed by atoms with Crippen molar-refractivity contribution in [3.63, 3.8) is 0 Å². The molecule has 0 aromatic heterocycles. The van der Waals surface area contributed by atoms with E-state index in [0.29, 0.717) is 33.8 Å². The number of hydrogen-bond acceptors (Lipinski definition) is 4. The molecule has 20 heavy (non-hydrogen) atoms. The zero-order chi connectivity index (χ0) is 14.1. The van der Waals surface area contributed by atoms with E-state index < -0.39 is 0 Å². The van der Waals surface area contributed by atoms with E-state index in [-0.39, 0.29) is 18.4 Å². The van der Waals surface area contributed by atoms with Crippen molar-refractivity contribution in [3.8, 4) is 17.2 Å². The van der Waals surface area contributed by atoms with Gasteiger partial charge in [-0.3, -0.25) is 0 Å². The number of halogens is 2. The van der Waals surface area contributed by atoms with Crippen molar-refractivity contribution in [1.29, 1.82) is 0 Å². The lowest BCUT2D eigenvalue weighted by Crippen LogP contribution is -2.00. The van der Waals surface area contributed by atoms with Gasteiger partial charge in [0.05, 0.1) is 4.47 Å². The van der Waals surface area contributed by atoms with Crippen LogP contribution in [0.25, 0.3) is 0 Å². The largest absolute Gasteiger partial charge is 0.507 e. The summed E-state index contributed by atoms with van der Waals surface area (Å²) < 4.78 is 24.2. The summed E-state index contributed by atoms with van der Waals surface area (Å²) >= 11 is 3.10. The Morgan fingerprint density at radius 2 is 1.95 bits per heavy atom. The fourth-order valence-corrected chi connectivity index (χ4v) is 2.16. The molecule has 2 N–H and O–H groups in total. The van der Waals surface area contributed by atoms with E-state index in [1.165, 1.54) is 12.1 Å². The number of ether oxygens (including phenoxy) is 2. The Kier molecular flexibility index (Phi) is 3.40. The molecule has 1 heterocycles. The average molecular weight is 340 g/mol. The number of fused-ring (bicyclic) bond motifs is 1. The first-order valence-electron chi connectivity index (χ1n) is 5.94. The first-order valence-corrected chi connectivity index (χ1v) is 6.73. The van der Waals surface area contributed by atoms with Crippen molar-refractivity contribution < 1.29 is 19.0 Å². The summed E-state index contributed by atoms with van der Waals surface area (Å²) in [6.45, 7) is 0.507. The van der Waals surface area contributed by atoms with Crippen molar-refractivity contribution >= 4 is 21.6 Å². The second kappa shape index (κ2) is 5.20. The van der Waals surface area contributed by atoms with Crippen molar-refractivity contribution in [2.45, 2.75) is 6.54 Å². The predicted octanol–water partition coefficient (Wildman–Crippen LogP) is 3.63. The molecule has 0 radical (unpaired) electrons. The molecule has 0 fully saturated rings. The zero-order valence-corrected chi connectivity index (χ0v) is 11.9. The Morgan fingerprint density at radius 3 is 2.70 bits per heavy atom. The van der Waals surface area contributed by atoms with Crippen LogP contribution in [-0.2, 0) is 6.54 Å². The van der Waals surface area contributed by atoms with Gasteiger partial charge in [-0.05, 0) is 40.2 Å². The van der Waals surface area contributed by atoms with E-state index in [4.69, 9.17) is 9.47 Å². The van der Waals surface area contributed by atoms with Gasteiger partial charge in [-0.25, -0.2) is 4.39 Å². The average Bonchev–Trinajstić information content (AvgIpc) is 2.87. The summed E-state index contributed by atoms with van der Waals surface area (Å²) in [5.74, 6) is 0.895. The summed E-state index contributed by atoms with van der Waals surface area (Å²) in [6.07, 6.45) is 0. The Hall–Kier alpha value is -1.95. The second-order valence-electron chi connectivity index (χ2n) is 4.32. The first kappa shape index (κ1) is 13.1. The lowest BCUT2D eigenvalue weighted by atomic mass is 10.1. The van der Waals surface area contributed by atoms with Gasteiger partial charge in [0.25, 0.3) is 0 Å². The maximum absolute atomic E-state index is 13.4. The van der Waals surface area contributed by atoms with Crippen molar-refractivity contribution in [2.75, 3.05) is 12.1 Å². The summed E-state index contributed by atoms with van der Waals surface area (Å²) in [5, 5.41) is 12.9. The van der Waals surface area contributed by atoms with Gasteiger partial charge in [-0.15, -0.1) is 0 Å². The van der Waals surface area contributed by atoms with Crippen LogP contribution in [0, 0.1) is 5.82 Å². The molecule has 2 aromatic rings. The normalized spacial score (nSPS) is 12.5. The summed E-state index contributed by atoms with van der Waals surface area (Å²) in [6, 6.07) is 7.98. The number of anilines is 1. The van der Waals surface area contributed by atoms with Crippen LogP contribution in [0.3, 0.4) is 0 Å². The summed E-state index contributed by atoms with van der Waals surface area (Å²) in [7, 11) is 0. The van der Waals surface area contributed by atoms with Crippen LogP contribution in [0.4, 0.5) is 10.1 Å². The summed E-state index contributed by atoms with van der Waals surface area (Å²) in [5.41, 5.74) is 1.28. The summed E-state index contributed by atoms with van der Waals surface area (Å²) in [4.78, 5) is 0. The topological polar surface area (TPSA) is 50.7 Å². The monoisotopic (exact) mass is 339 g/mol. The molecule has 0 amide bonds. The molecular weight excluding hydrogens is 329 g/mol. The van der Waals surface area contributed by atoms with Crippen molar-refractivity contribution in [2.24, 2.45) is 0 Å². The van der Waals surface area contributed by atoms with E-state index >= 15 is 0 Å². The van der Waals surface area contributed by atoms with Gasteiger partial charge >= 0.3 is 0 Å². The maximum Gasteiger partial charge on any atom is 0.231 e. The highest BCUT2D eigenvalue weighted by molar-refractivity contribution is 9.10. The van der Waals surface area contributed by atoms with Crippen LogP contribution in [-0.4, -0.2) is 11.9 Å². The van der Waals surface area contributed by atoms with Gasteiger partial charge in [0.1, 0.15) is 11.6 Å². The molecule has 0 saturated heterocycles. The SMILES string of the molecule is Oc1cc2c(cc1CNc1ccc(Br)c(F)c1)OCO2. The molecule has 104 valence electrons. The van der Waals surface area contributed by atoms with Crippen molar-refractivity contribution in [1.82, 2.24) is 0 Å². The number of hydrogen-bond donors (Lipinski definition) is 2. The quantitative estimate of drug-likeness (QED) is 0.896. The second-order valence-corrected chi connectivity index (χ2v) is 5.17. The third-order valence-corrected chi connectivity index (χ3v) is 3.62. The van der Waals surface area contributed by atoms with Crippen LogP contribution in [0.1, 0.15) is 5.56 Å². The number of phenols is 1. The number of aromatic hydroxyl groups is 1. The Morgan fingerprint density at radius 1 is 1.20 bits per heavy atom. The van der Waals surface area contributed by atoms with Gasteiger partial charge in [-0.2, -0.15) is 0 Å². The highest BCUT2D eigenvalue weighted by atomic mass is 79.9. The van der Waals surface area contributed by atoms with E-state index in [9.17, 15) is 9.50 Å². The van der Waals surface area contributed by atoms with Crippen LogP contribution in [0.15, 0.2) is 34.8 Å². The third kappa shape index (κ3) is 2.51. The number of rotatable bonds is 3. The number of phenolic OH excluding ortho intramolecular Hbond substituents is 1. The van der Waals surface area contributed by atoms with Gasteiger partial charge in [-0.1, -0.05) is 0 Å². The van der Waals surface area contributed by atoms with E-state index in [2.05, 4.69) is 21.2 Å². The number of benzene rings is 2. The van der Waals surface area contributed by atoms with Gasteiger partial charge < -0.3 is 19.9 Å². The van der Waals surface area contributed by atoms with Gasteiger partial charge in [0, 0.05) is 23.9 Å². The van der Waals surface area contributed by atoms with E-state index in [1.54, 1.807) is 18.2 Å². The third-order valence-electron chi connectivity index (χ3n) is 2.98. The zero-order valence-electron chi connectivity index (χ0n) is 10.3. The predicted molar refractivity (Wildman–Crippen MR) is 75.7 cm³/mol. The molecule has 0 aliphatic carbocycles. The molecule has 1 aliphatic heterocycles. The van der Waals surface area contributed by atoms with Crippen molar-refractivity contribution in [3.05, 3.63) is 46.2 Å². The lowest BCUT2D eigenvalue weighted by molar-refractivity contribution is 0.174. The molecule has 0 spiro atoms. The minimum Gasteiger partial charge on any atom is -0.507 e. The fourth-order valence-electron chi connectivity index (χ4n) is 1.92. The maximum atomic E-state index is 13.4. The molecule has 0 unspecified atom stereocenters. The minimum absolute atomic E-state index is 0.110. The molecule has 4 nitrogen and oxygen atoms in total. The molecular formula is C14H11BrFNO3. The lowest BCUT2D eigenvalue weighted by Gasteiger charge is -2.09. The van der Waals surface area contributed by atoms with Gasteiger partial charge in [0.2, 0.25) is 6.79 Å². The van der Waals surface area contributed by atoms with Crippen LogP contribution in [0.2, 0.25) is 0 Å². The molecule has 1 aliphatic rings. The minimum atomic E-state index is -0.343. The molecule has 0 atom stereocenters. The Labute approximate surface area is 123 Å². The molecule has 6 heteroatoms. The molecule has 3 rings (SSSR count). The fraction of sp³-hybridized carbons (Fsp3) is 0.143. The van der Waals surface area contributed by atoms with E-state index in [1.807, 2.05) is 0 Å². The smallest absolute Gasteiger partial charge is 0.231 e. The number of nitrogens with one attached hydrogen (secondary N) is 1. The van der Waals surface area contributed by atoms with Gasteiger partial charge in [0.15, 0.2) is 11.5 Å². The highest BCUT2D eigenvalue weighted by Gasteiger charge is 2.16. The molecule has 0 bridgehead atoms. The molecule has 0 saturated carbocycles. The van der Waals surface area contributed by atoms with E-state index in [0.717, 1.165) is 0 Å². The van der Waals surface area contributed by atoms with Crippen LogP contribution in [0.5, 0.6) is 17.2 Å². The van der Waals surface area contributed by atoms with Crippen LogP contribution < -0.4 is 14.8 Å². The molecule has 2 aromatic carbocycles. The Balaban J connectivity index is 1.76. The Bertz CT molecular complexity index is 663. The first-order chi connectivity index (χ1) is 9.63. The standard InChI is InChI=1S/C14H11BrFNO3/c15-10-2-1-9(4-11(10)16)17-6-8-3-13-14(5-12(8)18)20-7-19-13/h1-5,17-18H,6-7H2. The highest BCUT2D eigenvalue weighted by Crippen LogP contribution is 2.37.